The largest absolute Gasteiger partial charge is 0.507 e. The summed E-state index contributed by atoms with van der Waals surface area (Å²) in [6.45, 7) is 5.33. The lowest BCUT2D eigenvalue weighted by atomic mass is 9.76. The number of rotatable bonds is 14. The van der Waals surface area contributed by atoms with Crippen molar-refractivity contribution in [3.05, 3.63) is 82.9 Å². The molecule has 0 saturated heterocycles. The molecule has 5 N–H and O–H groups in total. The Morgan fingerprint density at radius 1 is 1.18 bits per heavy atom. The molecule has 0 fully saturated rings. The Morgan fingerprint density at radius 2 is 1.89 bits per heavy atom. The van der Waals surface area contributed by atoms with Gasteiger partial charge in [0.25, 0.3) is 0 Å². The summed E-state index contributed by atoms with van der Waals surface area (Å²) in [4.78, 5) is 38.6. The lowest BCUT2D eigenvalue weighted by Gasteiger charge is -2.31. The minimum absolute atomic E-state index is 0.0489. The van der Waals surface area contributed by atoms with E-state index in [9.17, 15) is 29.7 Å². The predicted octanol–water partition coefficient (Wildman–Crippen LogP) is 2.43. The molecule has 1 heterocycles. The average Bonchev–Trinajstić information content (AvgIpc) is 3.15. The van der Waals surface area contributed by atoms with Crippen molar-refractivity contribution in [1.29, 1.82) is 0 Å². The molecule has 1 aliphatic heterocycles. The zero-order valence-corrected chi connectivity index (χ0v) is 22.0. The van der Waals surface area contributed by atoms with E-state index in [0.717, 1.165) is 12.5 Å². The number of aliphatic hydroxyl groups excluding tert-OH is 4. The highest BCUT2D eigenvalue weighted by Crippen LogP contribution is 2.44. The minimum Gasteiger partial charge on any atom is -0.507 e. The van der Waals surface area contributed by atoms with Crippen molar-refractivity contribution in [3.63, 3.8) is 0 Å². The van der Waals surface area contributed by atoms with Crippen molar-refractivity contribution in [2.24, 2.45) is 5.92 Å². The number of Topliss-reactive ketones (excluding diaryl/α,β-unsaturated/α-hetero) is 1. The molecule has 2 aliphatic rings. The van der Waals surface area contributed by atoms with Gasteiger partial charge in [0.2, 0.25) is 5.78 Å². The van der Waals surface area contributed by atoms with Crippen molar-refractivity contribution < 1.29 is 39.5 Å². The van der Waals surface area contributed by atoms with Gasteiger partial charge in [0.05, 0.1) is 12.7 Å². The number of hydrogen-bond donors (Lipinski definition) is 5. The molecule has 1 aliphatic carbocycles. The van der Waals surface area contributed by atoms with E-state index in [0.29, 0.717) is 24.5 Å². The summed E-state index contributed by atoms with van der Waals surface area (Å²) < 4.78 is 5.40. The second-order valence-corrected chi connectivity index (χ2v) is 9.29. The van der Waals surface area contributed by atoms with E-state index in [2.05, 4.69) is 19.2 Å². The van der Waals surface area contributed by atoms with Crippen molar-refractivity contribution in [2.75, 3.05) is 19.8 Å². The second-order valence-electron chi connectivity index (χ2n) is 9.29. The monoisotopic (exact) mass is 527 g/mol. The van der Waals surface area contributed by atoms with Crippen LogP contribution in [0.4, 0.5) is 0 Å². The van der Waals surface area contributed by atoms with Crippen molar-refractivity contribution >= 4 is 17.5 Å². The molecule has 2 unspecified atom stereocenters. The van der Waals surface area contributed by atoms with Crippen LogP contribution in [0.25, 0.3) is 0 Å². The van der Waals surface area contributed by atoms with Crippen LogP contribution in [-0.4, -0.2) is 69.4 Å². The molecular weight excluding hydrogens is 490 g/mol. The first kappa shape index (κ1) is 30.7. The lowest BCUT2D eigenvalue weighted by molar-refractivity contribution is -0.152. The van der Waals surface area contributed by atoms with Crippen LogP contribution in [0.2, 0.25) is 0 Å². The second kappa shape index (κ2) is 14.4. The number of fused-ring (bicyclic) bond motifs is 1. The average molecular weight is 528 g/mol. The summed E-state index contributed by atoms with van der Waals surface area (Å²) >= 11 is 0. The maximum atomic E-state index is 13.5. The van der Waals surface area contributed by atoms with Gasteiger partial charge in [0.15, 0.2) is 11.4 Å². The Hall–Kier alpha value is -3.53. The van der Waals surface area contributed by atoms with Crippen LogP contribution in [0.15, 0.2) is 82.9 Å². The number of hydrogen-bond acceptors (Lipinski definition) is 9. The first-order valence-electron chi connectivity index (χ1n) is 12.6. The highest BCUT2D eigenvalue weighted by Gasteiger charge is 2.53. The third-order valence-electron chi connectivity index (χ3n) is 6.23. The Balaban J connectivity index is 2.41. The van der Waals surface area contributed by atoms with Crippen LogP contribution >= 0.6 is 0 Å². The Labute approximate surface area is 222 Å². The Bertz CT molecular complexity index is 1120. The van der Waals surface area contributed by atoms with Crippen molar-refractivity contribution in [2.45, 2.75) is 51.7 Å². The normalized spacial score (nSPS) is 22.9. The van der Waals surface area contributed by atoms with Crippen LogP contribution in [0.1, 0.15) is 40.0 Å². The van der Waals surface area contributed by atoms with E-state index in [1.807, 2.05) is 12.2 Å². The zero-order chi connectivity index (χ0) is 28.3. The zero-order valence-electron chi connectivity index (χ0n) is 22.0. The maximum absolute atomic E-state index is 13.5. The highest BCUT2D eigenvalue weighted by molar-refractivity contribution is 6.15. The first-order chi connectivity index (χ1) is 18.1. The summed E-state index contributed by atoms with van der Waals surface area (Å²) in [7, 11) is 0. The van der Waals surface area contributed by atoms with Gasteiger partial charge < -0.3 is 30.5 Å². The number of carbonyl (C=O) groups excluding carboxylic acids is 3. The molecule has 9 nitrogen and oxygen atoms in total. The van der Waals surface area contributed by atoms with Crippen LogP contribution in [-0.2, 0) is 19.1 Å². The molecular formula is C29H37NO8. The first-order valence-corrected chi connectivity index (χ1v) is 12.6. The van der Waals surface area contributed by atoms with Gasteiger partial charge in [-0.2, -0.15) is 0 Å². The molecule has 0 bridgehead atoms. The van der Waals surface area contributed by atoms with E-state index >= 15 is 0 Å². The van der Waals surface area contributed by atoms with Crippen molar-refractivity contribution in [1.82, 2.24) is 5.32 Å². The fourth-order valence-corrected chi connectivity index (χ4v) is 3.84. The molecule has 0 radical (unpaired) electrons. The molecule has 0 aromatic heterocycles. The molecule has 0 aromatic carbocycles. The van der Waals surface area contributed by atoms with Crippen LogP contribution in [0.5, 0.6) is 0 Å². The van der Waals surface area contributed by atoms with Gasteiger partial charge in [-0.15, -0.1) is 0 Å². The topological polar surface area (TPSA) is 153 Å². The van der Waals surface area contributed by atoms with E-state index in [-0.39, 0.29) is 29.7 Å². The molecule has 38 heavy (non-hydrogen) atoms. The van der Waals surface area contributed by atoms with E-state index < -0.39 is 41.6 Å². The smallest absolute Gasteiger partial charge is 0.343 e. The number of esters is 1. The molecule has 0 amide bonds. The minimum atomic E-state index is -1.75. The standard InChI is InChI=1S/C29H37NO8/c1-4-19(2)10-7-5-6-8-11-21(33)16-25(35)26-24-15-20(14-22(34)18-32)23(17-30-12-9-13-31)27(36)29(24,3)38-28(26)37/h5-8,10-11,15-17,19,22,30-32,34-35H,4,9,12-14,18H2,1-3H3/b6-5+,10-7+,11-8+,23-17-,25-16-/t19?,22?,29-/m1/s1. The Morgan fingerprint density at radius 3 is 2.55 bits per heavy atom. The summed E-state index contributed by atoms with van der Waals surface area (Å²) in [5, 5.41) is 41.9. The number of ether oxygens (including phenoxy) is 1. The Kier molecular flexibility index (Phi) is 11.6. The van der Waals surface area contributed by atoms with Crippen molar-refractivity contribution in [3.8, 4) is 0 Å². The molecule has 0 saturated carbocycles. The SMILES string of the molecule is CCC(C)/C=C/C=C/C=C/C(=O)/C=C(\O)C1=C2C=C(CC(O)CO)/C(=C/NCCCO)C(=O)[C@]2(C)OC1=O. The number of nitrogens with one attached hydrogen (secondary N) is 1. The fourth-order valence-electron chi connectivity index (χ4n) is 3.84. The molecule has 2 rings (SSSR count). The van der Waals surface area contributed by atoms with Crippen LogP contribution < -0.4 is 5.32 Å². The van der Waals surface area contributed by atoms with Gasteiger partial charge in [-0.1, -0.05) is 50.6 Å². The van der Waals surface area contributed by atoms with Gasteiger partial charge in [0, 0.05) is 43.0 Å². The number of carbonyl (C=O) groups is 3. The third kappa shape index (κ3) is 7.74. The van der Waals surface area contributed by atoms with E-state index in [1.165, 1.54) is 31.4 Å². The molecule has 206 valence electrons. The van der Waals surface area contributed by atoms with Gasteiger partial charge in [-0.3, -0.25) is 9.59 Å². The van der Waals surface area contributed by atoms with Gasteiger partial charge >= 0.3 is 5.97 Å². The predicted molar refractivity (Wildman–Crippen MR) is 143 cm³/mol. The van der Waals surface area contributed by atoms with Crippen LogP contribution in [0, 0.1) is 5.92 Å². The summed E-state index contributed by atoms with van der Waals surface area (Å²) in [5.41, 5.74) is -1.58. The number of ketones is 2. The van der Waals surface area contributed by atoms with E-state index in [1.54, 1.807) is 12.2 Å². The summed E-state index contributed by atoms with van der Waals surface area (Å²) in [5.74, 6) is -2.35. The quantitative estimate of drug-likeness (QED) is 0.0753. The molecule has 3 atom stereocenters. The fraction of sp³-hybridized carbons (Fsp3) is 0.414. The van der Waals surface area contributed by atoms with Crippen LogP contribution in [0.3, 0.4) is 0 Å². The summed E-state index contributed by atoms with van der Waals surface area (Å²) in [6, 6.07) is 0. The number of allylic oxidation sites excluding steroid dienone is 7. The van der Waals surface area contributed by atoms with Gasteiger partial charge in [-0.25, -0.2) is 4.79 Å². The van der Waals surface area contributed by atoms with Gasteiger partial charge in [-0.05, 0) is 37.0 Å². The number of aliphatic hydroxyl groups is 4. The highest BCUT2D eigenvalue weighted by atomic mass is 16.6. The van der Waals surface area contributed by atoms with E-state index in [4.69, 9.17) is 9.84 Å². The maximum Gasteiger partial charge on any atom is 0.343 e. The summed E-state index contributed by atoms with van der Waals surface area (Å²) in [6.07, 6.45) is 14.0. The molecule has 0 spiro atoms. The third-order valence-corrected chi connectivity index (χ3v) is 6.23. The lowest BCUT2D eigenvalue weighted by Crippen LogP contribution is -2.42. The molecule has 9 heteroatoms. The molecule has 0 aromatic rings. The van der Waals surface area contributed by atoms with Gasteiger partial charge in [0.1, 0.15) is 11.3 Å².